The number of aliphatic hydroxyl groups is 4. The maximum atomic E-state index is 10.8. The summed E-state index contributed by atoms with van der Waals surface area (Å²) in [5.74, 6) is -0.327. The second kappa shape index (κ2) is 6.73. The van der Waals surface area contributed by atoms with Crippen LogP contribution in [-0.4, -0.2) is 57.3 Å². The smallest absolute Gasteiger partial charge is 0.217 e. The van der Waals surface area contributed by atoms with Crippen molar-refractivity contribution >= 4 is 5.91 Å². The van der Waals surface area contributed by atoms with Gasteiger partial charge in [-0.1, -0.05) is 6.92 Å². The Kier molecular flexibility index (Phi) is 6.42. The van der Waals surface area contributed by atoms with Gasteiger partial charge < -0.3 is 25.7 Å². The average molecular weight is 221 g/mol. The predicted molar refractivity (Wildman–Crippen MR) is 53.0 cm³/mol. The maximum absolute atomic E-state index is 10.8. The van der Waals surface area contributed by atoms with Crippen molar-refractivity contribution in [2.75, 3.05) is 6.61 Å². The zero-order chi connectivity index (χ0) is 12.0. The maximum Gasteiger partial charge on any atom is 0.217 e. The highest BCUT2D eigenvalue weighted by molar-refractivity contribution is 5.73. The Morgan fingerprint density at radius 2 is 1.80 bits per heavy atom. The highest BCUT2D eigenvalue weighted by Gasteiger charge is 2.30. The second-order valence-electron chi connectivity index (χ2n) is 3.45. The van der Waals surface area contributed by atoms with Gasteiger partial charge in [-0.25, -0.2) is 0 Å². The van der Waals surface area contributed by atoms with Crippen molar-refractivity contribution in [2.45, 2.75) is 44.6 Å². The first-order chi connectivity index (χ1) is 6.93. The minimum atomic E-state index is -1.48. The standard InChI is InChI=1S/C9H19NO5/c1-3-6(10-5(2)12)8(14)9(15)7(13)4-11/h6-9,11,13-15H,3-4H2,1-2H3,(H,10,12). The summed E-state index contributed by atoms with van der Waals surface area (Å²) >= 11 is 0. The van der Waals surface area contributed by atoms with Gasteiger partial charge in [0.25, 0.3) is 0 Å². The minimum Gasteiger partial charge on any atom is -0.394 e. The number of aliphatic hydroxyl groups excluding tert-OH is 4. The lowest BCUT2D eigenvalue weighted by Gasteiger charge is -2.28. The molecule has 1 amide bonds. The Morgan fingerprint density at radius 3 is 2.13 bits per heavy atom. The molecule has 0 heterocycles. The third-order valence-corrected chi connectivity index (χ3v) is 2.17. The highest BCUT2D eigenvalue weighted by atomic mass is 16.4. The molecule has 0 saturated heterocycles. The van der Waals surface area contributed by atoms with Crippen LogP contribution in [0.4, 0.5) is 0 Å². The molecule has 0 aromatic carbocycles. The lowest BCUT2D eigenvalue weighted by Crippen LogP contribution is -2.52. The Labute approximate surface area is 88.5 Å². The van der Waals surface area contributed by atoms with E-state index in [-0.39, 0.29) is 5.91 Å². The van der Waals surface area contributed by atoms with Gasteiger partial charge in [-0.05, 0) is 6.42 Å². The third-order valence-electron chi connectivity index (χ3n) is 2.17. The molecule has 0 fully saturated rings. The largest absolute Gasteiger partial charge is 0.394 e. The van der Waals surface area contributed by atoms with E-state index >= 15 is 0 Å². The van der Waals surface area contributed by atoms with E-state index in [1.807, 2.05) is 0 Å². The Balaban J connectivity index is 4.35. The summed E-state index contributed by atoms with van der Waals surface area (Å²) in [6.45, 7) is 2.38. The molecule has 6 heteroatoms. The molecule has 0 rings (SSSR count). The van der Waals surface area contributed by atoms with Crippen molar-refractivity contribution in [3.8, 4) is 0 Å². The van der Waals surface area contributed by atoms with Crippen LogP contribution in [0, 0.1) is 0 Å². The average Bonchev–Trinajstić information content (AvgIpc) is 2.22. The van der Waals surface area contributed by atoms with Crippen LogP contribution in [0.25, 0.3) is 0 Å². The molecule has 0 spiro atoms. The van der Waals surface area contributed by atoms with Crippen LogP contribution < -0.4 is 5.32 Å². The molecule has 0 radical (unpaired) electrons. The Morgan fingerprint density at radius 1 is 1.27 bits per heavy atom. The van der Waals surface area contributed by atoms with Gasteiger partial charge in [-0.15, -0.1) is 0 Å². The Hall–Kier alpha value is -0.690. The van der Waals surface area contributed by atoms with E-state index < -0.39 is 31.0 Å². The molecular formula is C9H19NO5. The summed E-state index contributed by atoms with van der Waals surface area (Å²) in [7, 11) is 0. The predicted octanol–water partition coefficient (Wildman–Crippen LogP) is -2.02. The van der Waals surface area contributed by atoms with E-state index in [2.05, 4.69) is 5.32 Å². The summed E-state index contributed by atoms with van der Waals surface area (Å²) in [5, 5.41) is 39.1. The molecule has 0 aromatic heterocycles. The van der Waals surface area contributed by atoms with Crippen molar-refractivity contribution in [1.82, 2.24) is 5.32 Å². The third kappa shape index (κ3) is 4.57. The van der Waals surface area contributed by atoms with Gasteiger partial charge in [-0.2, -0.15) is 0 Å². The number of hydrogen-bond acceptors (Lipinski definition) is 5. The number of carbonyl (C=O) groups is 1. The summed E-state index contributed by atoms with van der Waals surface area (Å²) in [4.78, 5) is 10.8. The molecule has 4 unspecified atom stereocenters. The first kappa shape index (κ1) is 14.3. The van der Waals surface area contributed by atoms with Gasteiger partial charge in [0, 0.05) is 6.92 Å². The lowest BCUT2D eigenvalue weighted by molar-refractivity contribution is -0.123. The van der Waals surface area contributed by atoms with E-state index in [4.69, 9.17) is 10.2 Å². The van der Waals surface area contributed by atoms with Gasteiger partial charge in [0.2, 0.25) is 5.91 Å². The van der Waals surface area contributed by atoms with E-state index in [0.29, 0.717) is 6.42 Å². The molecule has 4 atom stereocenters. The fourth-order valence-electron chi connectivity index (χ4n) is 1.26. The molecule has 6 nitrogen and oxygen atoms in total. The molecule has 15 heavy (non-hydrogen) atoms. The molecule has 5 N–H and O–H groups in total. The van der Waals surface area contributed by atoms with Crippen LogP contribution in [0.3, 0.4) is 0 Å². The lowest BCUT2D eigenvalue weighted by atomic mass is 9.99. The topological polar surface area (TPSA) is 110 Å². The molecular weight excluding hydrogens is 202 g/mol. The van der Waals surface area contributed by atoms with Crippen LogP contribution in [-0.2, 0) is 4.79 Å². The molecule has 0 aromatic rings. The molecule has 0 saturated carbocycles. The van der Waals surface area contributed by atoms with E-state index in [1.165, 1.54) is 6.92 Å². The quantitative estimate of drug-likeness (QED) is 0.355. The van der Waals surface area contributed by atoms with Gasteiger partial charge in [0.15, 0.2) is 0 Å². The van der Waals surface area contributed by atoms with E-state index in [1.54, 1.807) is 6.92 Å². The van der Waals surface area contributed by atoms with Gasteiger partial charge >= 0.3 is 0 Å². The number of carbonyl (C=O) groups excluding carboxylic acids is 1. The van der Waals surface area contributed by atoms with Crippen LogP contribution >= 0.6 is 0 Å². The van der Waals surface area contributed by atoms with Crippen molar-refractivity contribution in [3.05, 3.63) is 0 Å². The second-order valence-corrected chi connectivity index (χ2v) is 3.45. The van der Waals surface area contributed by atoms with Crippen molar-refractivity contribution in [2.24, 2.45) is 0 Å². The van der Waals surface area contributed by atoms with E-state index in [0.717, 1.165) is 0 Å². The monoisotopic (exact) mass is 221 g/mol. The number of amides is 1. The minimum absolute atomic E-state index is 0.327. The van der Waals surface area contributed by atoms with Crippen LogP contribution in [0.2, 0.25) is 0 Å². The first-order valence-corrected chi connectivity index (χ1v) is 4.86. The zero-order valence-electron chi connectivity index (χ0n) is 8.92. The van der Waals surface area contributed by atoms with Gasteiger partial charge in [-0.3, -0.25) is 4.79 Å². The van der Waals surface area contributed by atoms with Crippen molar-refractivity contribution < 1.29 is 25.2 Å². The summed E-state index contributed by atoms with van der Waals surface area (Å²) in [6, 6.07) is -0.640. The summed E-state index contributed by atoms with van der Waals surface area (Å²) in [5.41, 5.74) is 0. The van der Waals surface area contributed by atoms with E-state index in [9.17, 15) is 15.0 Å². The van der Waals surface area contributed by atoms with Crippen molar-refractivity contribution in [1.29, 1.82) is 0 Å². The van der Waals surface area contributed by atoms with Crippen molar-refractivity contribution in [3.63, 3.8) is 0 Å². The fraction of sp³-hybridized carbons (Fsp3) is 0.889. The number of rotatable bonds is 6. The molecule has 90 valence electrons. The first-order valence-electron chi connectivity index (χ1n) is 4.86. The normalized spacial score (nSPS) is 19.1. The van der Waals surface area contributed by atoms with Gasteiger partial charge in [0.05, 0.1) is 12.6 Å². The SMILES string of the molecule is CCC(NC(C)=O)C(O)C(O)C(O)CO. The molecule has 0 aliphatic rings. The summed E-state index contributed by atoms with van der Waals surface area (Å²) in [6.07, 6.45) is -3.79. The fourth-order valence-corrected chi connectivity index (χ4v) is 1.26. The highest BCUT2D eigenvalue weighted by Crippen LogP contribution is 2.07. The van der Waals surface area contributed by atoms with Crippen LogP contribution in [0.15, 0.2) is 0 Å². The zero-order valence-corrected chi connectivity index (χ0v) is 8.92. The molecule has 0 bridgehead atoms. The van der Waals surface area contributed by atoms with Gasteiger partial charge in [0.1, 0.15) is 18.3 Å². The van der Waals surface area contributed by atoms with Crippen LogP contribution in [0.1, 0.15) is 20.3 Å². The number of nitrogens with one attached hydrogen (secondary N) is 1. The van der Waals surface area contributed by atoms with Crippen LogP contribution in [0.5, 0.6) is 0 Å². The molecule has 0 aliphatic carbocycles. The summed E-state index contributed by atoms with van der Waals surface area (Å²) < 4.78 is 0. The Bertz CT molecular complexity index is 199. The number of hydrogen-bond donors (Lipinski definition) is 5. The molecule has 0 aliphatic heterocycles.